The van der Waals surface area contributed by atoms with Gasteiger partial charge in [-0.1, -0.05) is 38.1 Å². The molecule has 4 atom stereocenters. The quantitative estimate of drug-likeness (QED) is 0.155. The Morgan fingerprint density at radius 2 is 1.18 bits per heavy atom. The first-order chi connectivity index (χ1) is 18.4. The Bertz CT molecular complexity index is 1130. The SMILES string of the molecule is CC(C)CC(NC(=O)C(CS)NC(=O)C(Cc1ccc(O)cc1)NC(=O)C(N)Cc1ccc(O)cc1)C(=O)O. The van der Waals surface area contributed by atoms with Gasteiger partial charge in [0.1, 0.15) is 29.6 Å². The molecule has 0 bridgehead atoms. The number of carbonyl (C=O) groups is 4. The molecular weight excluding hydrogens is 524 g/mol. The van der Waals surface area contributed by atoms with Gasteiger partial charge in [-0.2, -0.15) is 12.6 Å². The summed E-state index contributed by atoms with van der Waals surface area (Å²) < 4.78 is 0. The van der Waals surface area contributed by atoms with E-state index in [0.29, 0.717) is 11.1 Å². The van der Waals surface area contributed by atoms with Crippen molar-refractivity contribution in [2.24, 2.45) is 11.7 Å². The zero-order valence-electron chi connectivity index (χ0n) is 21.8. The van der Waals surface area contributed by atoms with Gasteiger partial charge >= 0.3 is 5.97 Å². The van der Waals surface area contributed by atoms with E-state index in [2.05, 4.69) is 28.6 Å². The van der Waals surface area contributed by atoms with E-state index in [1.807, 2.05) is 13.8 Å². The molecule has 39 heavy (non-hydrogen) atoms. The molecule has 0 radical (unpaired) electrons. The summed E-state index contributed by atoms with van der Waals surface area (Å²) in [5.74, 6) is -3.23. The standard InChI is InChI=1S/C27H36N4O7S/c1-15(2)11-22(27(37)38)30-26(36)23(14-39)31-25(35)21(13-17-5-9-19(33)10-6-17)29-24(34)20(28)12-16-3-7-18(32)8-4-16/h3-10,15,20-23,32-33,39H,11-14,28H2,1-2H3,(H,29,34)(H,30,36)(H,31,35)(H,37,38). The number of aromatic hydroxyl groups is 2. The number of benzene rings is 2. The number of nitrogens with two attached hydrogens (primary N) is 1. The molecule has 8 N–H and O–H groups in total. The number of hydrogen-bond donors (Lipinski definition) is 8. The maximum Gasteiger partial charge on any atom is 0.326 e. The van der Waals surface area contributed by atoms with Crippen LogP contribution in [0.5, 0.6) is 11.5 Å². The summed E-state index contributed by atoms with van der Waals surface area (Å²) >= 11 is 4.14. The molecule has 0 aliphatic rings. The fraction of sp³-hybridized carbons (Fsp3) is 0.407. The van der Waals surface area contributed by atoms with Gasteiger partial charge in [0, 0.05) is 12.2 Å². The average Bonchev–Trinajstić information content (AvgIpc) is 2.88. The highest BCUT2D eigenvalue weighted by Gasteiger charge is 2.30. The minimum Gasteiger partial charge on any atom is -0.508 e. The van der Waals surface area contributed by atoms with Crippen molar-refractivity contribution in [1.82, 2.24) is 16.0 Å². The van der Waals surface area contributed by atoms with Crippen LogP contribution in [-0.2, 0) is 32.0 Å². The summed E-state index contributed by atoms with van der Waals surface area (Å²) in [6, 6.07) is 7.79. The van der Waals surface area contributed by atoms with Crippen molar-refractivity contribution in [2.75, 3.05) is 5.75 Å². The molecule has 2 rings (SSSR count). The second-order valence-electron chi connectivity index (χ2n) is 9.68. The van der Waals surface area contributed by atoms with Crippen LogP contribution in [-0.4, -0.2) is 68.9 Å². The summed E-state index contributed by atoms with van der Waals surface area (Å²) in [5.41, 5.74) is 7.40. The van der Waals surface area contributed by atoms with Crippen molar-refractivity contribution in [2.45, 2.75) is 57.3 Å². The number of aliphatic carboxylic acids is 1. The van der Waals surface area contributed by atoms with E-state index < -0.39 is 47.9 Å². The van der Waals surface area contributed by atoms with Gasteiger partial charge in [0.05, 0.1) is 6.04 Å². The molecule has 3 amide bonds. The first-order valence-electron chi connectivity index (χ1n) is 12.5. The monoisotopic (exact) mass is 560 g/mol. The van der Waals surface area contributed by atoms with Crippen LogP contribution in [0.4, 0.5) is 0 Å². The molecule has 0 saturated heterocycles. The van der Waals surface area contributed by atoms with Gasteiger partial charge in [-0.15, -0.1) is 0 Å². The number of thiol groups is 1. The van der Waals surface area contributed by atoms with Gasteiger partial charge in [-0.05, 0) is 54.2 Å². The minimum absolute atomic E-state index is 0.00568. The number of nitrogens with one attached hydrogen (secondary N) is 3. The fourth-order valence-electron chi connectivity index (χ4n) is 3.77. The van der Waals surface area contributed by atoms with E-state index in [0.717, 1.165) is 0 Å². The van der Waals surface area contributed by atoms with Crippen LogP contribution >= 0.6 is 12.6 Å². The highest BCUT2D eigenvalue weighted by Crippen LogP contribution is 2.13. The smallest absolute Gasteiger partial charge is 0.326 e. The molecule has 2 aromatic rings. The summed E-state index contributed by atoms with van der Waals surface area (Å²) in [6.07, 6.45) is 0.371. The average molecular weight is 561 g/mol. The number of phenolic OH excluding ortho intramolecular Hbond substituents is 2. The molecule has 212 valence electrons. The molecule has 0 heterocycles. The van der Waals surface area contributed by atoms with E-state index in [1.165, 1.54) is 24.3 Å². The second-order valence-corrected chi connectivity index (χ2v) is 10.0. The second kappa shape index (κ2) is 15.0. The minimum atomic E-state index is -1.19. The first-order valence-corrected chi connectivity index (χ1v) is 13.1. The molecule has 4 unspecified atom stereocenters. The van der Waals surface area contributed by atoms with E-state index in [-0.39, 0.29) is 42.4 Å². The summed E-state index contributed by atoms with van der Waals surface area (Å²) in [7, 11) is 0. The van der Waals surface area contributed by atoms with Crippen LogP contribution in [0.15, 0.2) is 48.5 Å². The molecule has 0 aromatic heterocycles. The van der Waals surface area contributed by atoms with Gasteiger partial charge < -0.3 is 37.0 Å². The van der Waals surface area contributed by atoms with Crippen molar-refractivity contribution in [3.05, 3.63) is 59.7 Å². The lowest BCUT2D eigenvalue weighted by Crippen LogP contribution is -2.58. The van der Waals surface area contributed by atoms with Crippen LogP contribution in [0, 0.1) is 5.92 Å². The number of rotatable bonds is 14. The van der Waals surface area contributed by atoms with E-state index in [1.54, 1.807) is 24.3 Å². The molecule has 0 fully saturated rings. The number of phenols is 2. The van der Waals surface area contributed by atoms with Gasteiger partial charge in [0.15, 0.2) is 0 Å². The van der Waals surface area contributed by atoms with Crippen molar-refractivity contribution in [1.29, 1.82) is 0 Å². The highest BCUT2D eigenvalue weighted by atomic mass is 32.1. The number of carbonyl (C=O) groups excluding carboxylic acids is 3. The van der Waals surface area contributed by atoms with Crippen molar-refractivity contribution < 1.29 is 34.5 Å². The van der Waals surface area contributed by atoms with Crippen LogP contribution in [0.1, 0.15) is 31.4 Å². The van der Waals surface area contributed by atoms with Crippen molar-refractivity contribution in [3.63, 3.8) is 0 Å². The third-order valence-corrected chi connectivity index (χ3v) is 6.24. The Kier molecular flexibility index (Phi) is 12.1. The van der Waals surface area contributed by atoms with Gasteiger partial charge in [-0.25, -0.2) is 4.79 Å². The topological polar surface area (TPSA) is 191 Å². The van der Waals surface area contributed by atoms with Crippen LogP contribution in [0.2, 0.25) is 0 Å². The molecule has 2 aromatic carbocycles. The maximum absolute atomic E-state index is 13.3. The molecule has 12 heteroatoms. The Balaban J connectivity index is 2.16. The largest absolute Gasteiger partial charge is 0.508 e. The highest BCUT2D eigenvalue weighted by molar-refractivity contribution is 7.80. The van der Waals surface area contributed by atoms with E-state index in [9.17, 15) is 34.5 Å². The molecule has 11 nitrogen and oxygen atoms in total. The molecule has 0 spiro atoms. The lowest BCUT2D eigenvalue weighted by Gasteiger charge is -2.25. The van der Waals surface area contributed by atoms with E-state index in [4.69, 9.17) is 5.73 Å². The zero-order valence-corrected chi connectivity index (χ0v) is 22.7. The van der Waals surface area contributed by atoms with Crippen LogP contribution < -0.4 is 21.7 Å². The van der Waals surface area contributed by atoms with Crippen LogP contribution in [0.25, 0.3) is 0 Å². The maximum atomic E-state index is 13.3. The Morgan fingerprint density at radius 3 is 1.64 bits per heavy atom. The molecule has 0 saturated carbocycles. The number of amides is 3. The molecular formula is C27H36N4O7S. The fourth-order valence-corrected chi connectivity index (χ4v) is 4.02. The lowest BCUT2D eigenvalue weighted by molar-refractivity contribution is -0.142. The molecule has 0 aliphatic heterocycles. The Labute approximate surface area is 232 Å². The van der Waals surface area contributed by atoms with Crippen LogP contribution in [0.3, 0.4) is 0 Å². The third-order valence-electron chi connectivity index (χ3n) is 5.88. The number of carboxylic acids is 1. The first kappa shape index (κ1) is 31.4. The Morgan fingerprint density at radius 1 is 0.744 bits per heavy atom. The predicted octanol–water partition coefficient (Wildman–Crippen LogP) is 0.725. The third kappa shape index (κ3) is 10.5. The van der Waals surface area contributed by atoms with Gasteiger partial charge in [-0.3, -0.25) is 14.4 Å². The van der Waals surface area contributed by atoms with E-state index >= 15 is 0 Å². The van der Waals surface area contributed by atoms with Crippen molar-refractivity contribution in [3.8, 4) is 11.5 Å². The van der Waals surface area contributed by atoms with Crippen molar-refractivity contribution >= 4 is 36.3 Å². The number of hydrogen-bond acceptors (Lipinski definition) is 8. The predicted molar refractivity (Wildman–Crippen MR) is 148 cm³/mol. The number of carboxylic acid groups (broad SMARTS) is 1. The Hall–Kier alpha value is -3.77. The van der Waals surface area contributed by atoms with Gasteiger partial charge in [0.2, 0.25) is 17.7 Å². The summed E-state index contributed by atoms with van der Waals surface area (Å²) in [4.78, 5) is 50.5. The summed E-state index contributed by atoms with van der Waals surface area (Å²) in [5, 5.41) is 36.1. The normalized spacial score (nSPS) is 14.1. The van der Waals surface area contributed by atoms with Gasteiger partial charge in [0.25, 0.3) is 0 Å². The molecule has 0 aliphatic carbocycles. The lowest BCUT2D eigenvalue weighted by atomic mass is 10.0. The summed E-state index contributed by atoms with van der Waals surface area (Å²) in [6.45, 7) is 3.64. The zero-order chi connectivity index (χ0) is 29.1.